The average molecular weight is 374 g/mol. The van der Waals surface area contributed by atoms with E-state index in [1.54, 1.807) is 0 Å². The second-order valence-electron chi connectivity index (χ2n) is 8.48. The molecule has 5 atom stereocenters. The van der Waals surface area contributed by atoms with E-state index < -0.39 is 49.2 Å². The minimum Gasteiger partial charge on any atom is -0.394 e. The van der Waals surface area contributed by atoms with Crippen LogP contribution in [0.25, 0.3) is 0 Å². The Morgan fingerprint density at radius 3 is 2.44 bits per heavy atom. The van der Waals surface area contributed by atoms with E-state index in [2.05, 4.69) is 0 Å². The van der Waals surface area contributed by atoms with Gasteiger partial charge in [0.25, 0.3) is 5.56 Å². The fraction of sp³-hybridized carbons (Fsp3) is 0.750. The number of rotatable bonds is 3. The highest BCUT2D eigenvalue weighted by molar-refractivity contribution is 6.81. The van der Waals surface area contributed by atoms with Crippen molar-refractivity contribution in [2.75, 3.05) is 0 Å². The highest BCUT2D eigenvalue weighted by Gasteiger charge is 2.60. The first-order valence-corrected chi connectivity index (χ1v) is 11.3. The molecule has 0 amide bonds. The fourth-order valence-electron chi connectivity index (χ4n) is 2.87. The number of nitrogens with zero attached hydrogens (tertiary/aromatic N) is 1. The van der Waals surface area contributed by atoms with Crippen molar-refractivity contribution in [2.24, 2.45) is 0 Å². The van der Waals surface area contributed by atoms with E-state index >= 15 is 4.39 Å². The van der Waals surface area contributed by atoms with Crippen LogP contribution in [0.2, 0.25) is 18.1 Å². The summed E-state index contributed by atoms with van der Waals surface area (Å²) < 4.78 is 21.7. The van der Waals surface area contributed by atoms with Crippen molar-refractivity contribution in [1.29, 1.82) is 0 Å². The fourth-order valence-corrected chi connectivity index (χ4v) is 4.84. The van der Waals surface area contributed by atoms with E-state index in [4.69, 9.17) is 4.74 Å². The Hall–Kier alpha value is -1.29. The Kier molecular flexibility index (Phi) is 4.93. The molecule has 1 fully saturated rings. The van der Waals surface area contributed by atoms with Gasteiger partial charge in [0.05, 0.1) is 13.8 Å². The molecule has 0 aromatic carbocycles. The number of nitrogens with one attached hydrogen (secondary N) is 1. The van der Waals surface area contributed by atoms with Gasteiger partial charge in [-0.25, -0.2) is 9.18 Å². The lowest BCUT2D eigenvalue weighted by atomic mass is 9.98. The number of hydrogen-bond acceptors (Lipinski definition) is 5. The lowest BCUT2D eigenvalue weighted by molar-refractivity contribution is -0.0717. The first-order valence-electron chi connectivity index (χ1n) is 8.23. The maximum atomic E-state index is 15.2. The first kappa shape index (κ1) is 20.0. The molecule has 0 bridgehead atoms. The minimum atomic E-state index is -2.37. The summed E-state index contributed by atoms with van der Waals surface area (Å²) in [6, 6.07) is 1.07. The smallest absolute Gasteiger partial charge is 0.330 e. The van der Waals surface area contributed by atoms with E-state index in [1.165, 1.54) is 0 Å². The highest BCUT2D eigenvalue weighted by atomic mass is 28.3. The lowest BCUT2D eigenvalue weighted by Gasteiger charge is -2.43. The van der Waals surface area contributed by atoms with Gasteiger partial charge in [-0.15, -0.1) is 0 Å². The zero-order valence-corrected chi connectivity index (χ0v) is 16.4. The number of hydrogen-bond donors (Lipinski definition) is 3. The van der Waals surface area contributed by atoms with Crippen molar-refractivity contribution in [3.8, 4) is 0 Å². The molecule has 25 heavy (non-hydrogen) atoms. The molecule has 1 saturated heterocycles. The zero-order valence-electron chi connectivity index (χ0n) is 15.4. The van der Waals surface area contributed by atoms with Crippen LogP contribution in [-0.4, -0.2) is 51.4 Å². The molecule has 0 aliphatic carbocycles. The number of alkyl halides is 1. The van der Waals surface area contributed by atoms with Crippen molar-refractivity contribution in [3.63, 3.8) is 0 Å². The van der Waals surface area contributed by atoms with Crippen LogP contribution in [0.1, 0.15) is 33.9 Å². The molecule has 9 heteroatoms. The van der Waals surface area contributed by atoms with Gasteiger partial charge >= 0.3 is 5.69 Å². The van der Waals surface area contributed by atoms with Crippen LogP contribution in [-0.2, 0) is 4.74 Å². The number of aliphatic hydroxyl groups excluding tert-OH is 2. The molecule has 2 heterocycles. The van der Waals surface area contributed by atoms with Crippen molar-refractivity contribution in [1.82, 2.24) is 9.55 Å². The van der Waals surface area contributed by atoms with E-state index in [9.17, 15) is 19.8 Å². The molecule has 1 aliphatic heterocycles. The molecule has 2 rings (SSSR count). The molecule has 1 aromatic heterocycles. The molecular formula is C16H27FN2O5Si. The summed E-state index contributed by atoms with van der Waals surface area (Å²) in [6.07, 6.45) is -3.10. The van der Waals surface area contributed by atoms with Crippen LogP contribution in [0.15, 0.2) is 21.9 Å². The molecular weight excluding hydrogens is 347 g/mol. The van der Waals surface area contributed by atoms with Gasteiger partial charge in [0.1, 0.15) is 12.2 Å². The summed E-state index contributed by atoms with van der Waals surface area (Å²) >= 11 is 0. The molecule has 7 nitrogen and oxygen atoms in total. The average Bonchev–Trinajstić information content (AvgIpc) is 2.68. The van der Waals surface area contributed by atoms with Gasteiger partial charge in [-0.2, -0.15) is 0 Å². The molecule has 1 aliphatic rings. The Morgan fingerprint density at radius 1 is 1.40 bits per heavy atom. The third-order valence-electron chi connectivity index (χ3n) is 5.75. The molecule has 0 saturated carbocycles. The normalized spacial score (nSPS) is 32.0. The Balaban J connectivity index is 2.43. The number of aromatic amines is 1. The quantitative estimate of drug-likeness (QED) is 0.683. The summed E-state index contributed by atoms with van der Waals surface area (Å²) in [5.74, 6) is 0. The van der Waals surface area contributed by atoms with Gasteiger partial charge in [-0.3, -0.25) is 14.3 Å². The van der Waals surface area contributed by atoms with E-state index in [-0.39, 0.29) is 5.04 Å². The molecule has 0 radical (unpaired) electrons. The predicted molar refractivity (Wildman–Crippen MR) is 94.0 cm³/mol. The maximum absolute atomic E-state index is 15.2. The van der Waals surface area contributed by atoms with Crippen LogP contribution in [0.3, 0.4) is 0 Å². The number of aromatic nitrogens is 2. The van der Waals surface area contributed by atoms with Crippen LogP contribution >= 0.6 is 0 Å². The topological polar surface area (TPSA) is 105 Å². The van der Waals surface area contributed by atoms with Crippen molar-refractivity contribution in [2.45, 2.75) is 75.7 Å². The van der Waals surface area contributed by atoms with E-state index in [0.29, 0.717) is 0 Å². The van der Waals surface area contributed by atoms with Gasteiger partial charge in [0.2, 0.25) is 0 Å². The van der Waals surface area contributed by atoms with Crippen LogP contribution in [0, 0.1) is 0 Å². The van der Waals surface area contributed by atoms with E-state index in [0.717, 1.165) is 23.8 Å². The Morgan fingerprint density at radius 2 is 1.96 bits per heavy atom. The number of ether oxygens (including phenoxy) is 1. The molecule has 1 unspecified atom stereocenters. The third-order valence-corrected chi connectivity index (χ3v) is 11.4. The minimum absolute atomic E-state index is 0.213. The first-order chi connectivity index (χ1) is 11.2. The van der Waals surface area contributed by atoms with Crippen molar-refractivity contribution >= 4 is 8.07 Å². The summed E-state index contributed by atoms with van der Waals surface area (Å²) in [5.41, 5.74) is -4.80. The van der Waals surface area contributed by atoms with Gasteiger partial charge in [-0.1, -0.05) is 33.9 Å². The monoisotopic (exact) mass is 374 g/mol. The third kappa shape index (κ3) is 3.25. The largest absolute Gasteiger partial charge is 0.394 e. The number of halogens is 1. The van der Waals surface area contributed by atoms with Crippen LogP contribution in [0.4, 0.5) is 4.39 Å². The van der Waals surface area contributed by atoms with Crippen LogP contribution in [0.5, 0.6) is 0 Å². The summed E-state index contributed by atoms with van der Waals surface area (Å²) in [5, 5.41) is 21.1. The number of aliphatic hydroxyl groups is 2. The van der Waals surface area contributed by atoms with Crippen molar-refractivity contribution in [3.05, 3.63) is 33.1 Å². The molecule has 3 N–H and O–H groups in total. The predicted octanol–water partition coefficient (Wildman–Crippen LogP) is 0.932. The second kappa shape index (κ2) is 6.15. The second-order valence-corrected chi connectivity index (χ2v) is 14.0. The highest BCUT2D eigenvalue weighted by Crippen LogP contribution is 2.46. The molecule has 1 aromatic rings. The summed E-state index contributed by atoms with van der Waals surface area (Å²) in [4.78, 5) is 25.2. The molecule has 142 valence electrons. The van der Waals surface area contributed by atoms with Gasteiger partial charge in [-0.05, 0) is 12.0 Å². The van der Waals surface area contributed by atoms with Crippen molar-refractivity contribution < 1.29 is 19.3 Å². The maximum Gasteiger partial charge on any atom is 0.330 e. The zero-order chi connectivity index (χ0) is 19.4. The summed E-state index contributed by atoms with van der Waals surface area (Å²) in [6.45, 7) is 11.0. The lowest BCUT2D eigenvalue weighted by Crippen LogP contribution is -2.58. The standard InChI is InChI=1S/C16H27FN2O5Si/c1-15(2,3)25(5,6)12(22)10-11(21)16(4,17)13(24-10)19-8-7-9(20)18-14(19)23/h7-8,10-13,21-22H,1-6H3,(H,18,20,23)/t10-,11+,12?,13+,16-/m0/s1. The number of H-pyrrole nitrogens is 1. The SMILES string of the molecule is CC(C)(C)[Si](C)(C)C(O)[C@H]1O[C@@H](n2ccc(=O)[nH]c2=O)[C@@](C)(F)[C@@H]1O. The molecule has 0 spiro atoms. The summed E-state index contributed by atoms with van der Waals surface area (Å²) in [7, 11) is -2.37. The Labute approximate surface area is 146 Å². The Bertz CT molecular complexity index is 752. The van der Waals surface area contributed by atoms with Gasteiger partial charge < -0.3 is 14.9 Å². The van der Waals surface area contributed by atoms with Gasteiger partial charge in [0.15, 0.2) is 11.9 Å². The van der Waals surface area contributed by atoms with Gasteiger partial charge in [0, 0.05) is 12.3 Å². The van der Waals surface area contributed by atoms with Crippen LogP contribution < -0.4 is 11.2 Å². The van der Waals surface area contributed by atoms with E-state index in [1.807, 2.05) is 38.8 Å².